The number of carbonyl (C=O) groups is 1. The van der Waals surface area contributed by atoms with Crippen molar-refractivity contribution in [1.29, 1.82) is 0 Å². The summed E-state index contributed by atoms with van der Waals surface area (Å²) in [5, 5.41) is 0. The zero-order valence-corrected chi connectivity index (χ0v) is 11.5. The van der Waals surface area contributed by atoms with E-state index in [0.29, 0.717) is 31.8 Å². The Balaban J connectivity index is 1.48. The van der Waals surface area contributed by atoms with Crippen LogP contribution in [0, 0.1) is 17.8 Å². The molecule has 0 aromatic rings. The summed E-state index contributed by atoms with van der Waals surface area (Å²) in [5.41, 5.74) is 5.99. The van der Waals surface area contributed by atoms with Gasteiger partial charge in [-0.1, -0.05) is 0 Å². The molecule has 1 saturated heterocycles. The van der Waals surface area contributed by atoms with Crippen molar-refractivity contribution in [3.05, 3.63) is 0 Å². The van der Waals surface area contributed by atoms with Gasteiger partial charge in [-0.05, 0) is 44.4 Å². The number of likely N-dealkylation sites (tertiary alicyclic amines) is 1. The quantitative estimate of drug-likeness (QED) is 0.848. The molecule has 1 amide bonds. The SMILES string of the molecule is NC1(C2CC2)CN(C(=O)C2CCC(C(F)(F)F)CC2)C1. The Morgan fingerprint density at radius 3 is 2.05 bits per heavy atom. The van der Waals surface area contributed by atoms with Crippen LogP contribution in [0.25, 0.3) is 0 Å². The maximum Gasteiger partial charge on any atom is 0.391 e. The van der Waals surface area contributed by atoms with Gasteiger partial charge in [0.2, 0.25) is 5.91 Å². The van der Waals surface area contributed by atoms with Gasteiger partial charge < -0.3 is 10.6 Å². The van der Waals surface area contributed by atoms with Gasteiger partial charge in [0.15, 0.2) is 0 Å². The Hall–Kier alpha value is -0.780. The molecule has 3 fully saturated rings. The first-order valence-corrected chi connectivity index (χ1v) is 7.44. The molecule has 20 heavy (non-hydrogen) atoms. The number of halogens is 3. The van der Waals surface area contributed by atoms with E-state index >= 15 is 0 Å². The Morgan fingerprint density at radius 2 is 1.60 bits per heavy atom. The van der Waals surface area contributed by atoms with E-state index < -0.39 is 12.1 Å². The average Bonchev–Trinajstić information content (AvgIpc) is 3.18. The van der Waals surface area contributed by atoms with E-state index in [4.69, 9.17) is 5.73 Å². The Morgan fingerprint density at radius 1 is 1.05 bits per heavy atom. The molecule has 1 aliphatic heterocycles. The Labute approximate surface area is 116 Å². The minimum atomic E-state index is -4.11. The number of hydrogen-bond acceptors (Lipinski definition) is 2. The van der Waals surface area contributed by atoms with Crippen molar-refractivity contribution in [3.63, 3.8) is 0 Å². The average molecular weight is 290 g/mol. The van der Waals surface area contributed by atoms with E-state index in [1.807, 2.05) is 0 Å². The monoisotopic (exact) mass is 290 g/mol. The number of rotatable bonds is 2. The molecule has 3 rings (SSSR count). The number of amides is 1. The predicted molar refractivity (Wildman–Crippen MR) is 67.7 cm³/mol. The first-order chi connectivity index (χ1) is 9.29. The molecule has 0 atom stereocenters. The van der Waals surface area contributed by atoms with Crippen LogP contribution in [0.5, 0.6) is 0 Å². The van der Waals surface area contributed by atoms with E-state index in [1.54, 1.807) is 4.90 Å². The lowest BCUT2D eigenvalue weighted by atomic mass is 9.79. The lowest BCUT2D eigenvalue weighted by molar-refractivity contribution is -0.186. The normalized spacial score (nSPS) is 33.7. The standard InChI is InChI=1S/C14H21F3N2O/c15-14(16,17)11-3-1-9(2-4-11)12(20)19-7-13(18,8-19)10-5-6-10/h9-11H,1-8,18H2. The number of carbonyl (C=O) groups excluding carboxylic acids is 1. The molecule has 0 radical (unpaired) electrons. The van der Waals surface area contributed by atoms with Crippen LogP contribution in [0.2, 0.25) is 0 Å². The van der Waals surface area contributed by atoms with Gasteiger partial charge in [0.1, 0.15) is 0 Å². The fourth-order valence-corrected chi connectivity index (χ4v) is 3.66. The van der Waals surface area contributed by atoms with Crippen molar-refractivity contribution >= 4 is 5.91 Å². The van der Waals surface area contributed by atoms with Crippen LogP contribution in [-0.2, 0) is 4.79 Å². The highest BCUT2D eigenvalue weighted by atomic mass is 19.4. The largest absolute Gasteiger partial charge is 0.391 e. The summed E-state index contributed by atoms with van der Waals surface area (Å²) in [5.74, 6) is -0.875. The first-order valence-electron chi connectivity index (χ1n) is 7.44. The highest BCUT2D eigenvalue weighted by Gasteiger charge is 2.52. The highest BCUT2D eigenvalue weighted by Crippen LogP contribution is 2.44. The third-order valence-corrected chi connectivity index (χ3v) is 5.21. The first kappa shape index (κ1) is 14.2. The van der Waals surface area contributed by atoms with Crippen molar-refractivity contribution in [2.75, 3.05) is 13.1 Å². The fraction of sp³-hybridized carbons (Fsp3) is 0.929. The molecule has 3 nitrogen and oxygen atoms in total. The summed E-state index contributed by atoms with van der Waals surface area (Å²) < 4.78 is 37.8. The van der Waals surface area contributed by atoms with Gasteiger partial charge in [-0.15, -0.1) is 0 Å². The maximum atomic E-state index is 12.6. The molecule has 0 aromatic carbocycles. The van der Waals surface area contributed by atoms with Gasteiger partial charge in [-0.2, -0.15) is 13.2 Å². The molecule has 1 heterocycles. The van der Waals surface area contributed by atoms with Gasteiger partial charge >= 0.3 is 6.18 Å². The van der Waals surface area contributed by atoms with Crippen LogP contribution in [0.3, 0.4) is 0 Å². The second-order valence-electron chi connectivity index (χ2n) is 6.79. The number of alkyl halides is 3. The van der Waals surface area contributed by atoms with Crippen molar-refractivity contribution in [2.24, 2.45) is 23.5 Å². The minimum Gasteiger partial charge on any atom is -0.339 e. The molecule has 0 unspecified atom stereocenters. The molecule has 2 N–H and O–H groups in total. The molecule has 3 aliphatic rings. The second kappa shape index (κ2) is 4.61. The maximum absolute atomic E-state index is 12.6. The van der Waals surface area contributed by atoms with Crippen LogP contribution in [0.1, 0.15) is 38.5 Å². The number of hydrogen-bond donors (Lipinski definition) is 1. The third-order valence-electron chi connectivity index (χ3n) is 5.21. The van der Waals surface area contributed by atoms with E-state index in [1.165, 1.54) is 0 Å². The summed E-state index contributed by atoms with van der Waals surface area (Å²) in [4.78, 5) is 14.0. The van der Waals surface area contributed by atoms with Crippen molar-refractivity contribution in [1.82, 2.24) is 4.90 Å². The molecular weight excluding hydrogens is 269 g/mol. The van der Waals surface area contributed by atoms with Crippen LogP contribution in [0.15, 0.2) is 0 Å². The number of nitrogens with zero attached hydrogens (tertiary/aromatic N) is 1. The van der Waals surface area contributed by atoms with Crippen molar-refractivity contribution in [2.45, 2.75) is 50.2 Å². The molecule has 2 saturated carbocycles. The summed E-state index contributed by atoms with van der Waals surface area (Å²) in [6.07, 6.45) is -0.914. The van der Waals surface area contributed by atoms with Crippen LogP contribution >= 0.6 is 0 Å². The second-order valence-corrected chi connectivity index (χ2v) is 6.79. The molecule has 114 valence electrons. The number of nitrogens with two attached hydrogens (primary N) is 1. The predicted octanol–water partition coefficient (Wildman–Crippen LogP) is 2.30. The Kier molecular flexibility index (Phi) is 3.27. The third kappa shape index (κ3) is 2.54. The molecule has 6 heteroatoms. The van der Waals surface area contributed by atoms with E-state index in [-0.39, 0.29) is 30.2 Å². The van der Waals surface area contributed by atoms with Crippen LogP contribution in [-0.4, -0.2) is 35.6 Å². The highest BCUT2D eigenvalue weighted by molar-refractivity contribution is 5.80. The topological polar surface area (TPSA) is 46.3 Å². The van der Waals surface area contributed by atoms with Crippen LogP contribution in [0.4, 0.5) is 13.2 Å². The van der Waals surface area contributed by atoms with Gasteiger partial charge in [0.05, 0.1) is 11.5 Å². The van der Waals surface area contributed by atoms with E-state index in [0.717, 1.165) is 12.8 Å². The van der Waals surface area contributed by atoms with E-state index in [2.05, 4.69) is 0 Å². The van der Waals surface area contributed by atoms with E-state index in [9.17, 15) is 18.0 Å². The van der Waals surface area contributed by atoms with Gasteiger partial charge in [-0.25, -0.2) is 0 Å². The smallest absolute Gasteiger partial charge is 0.339 e. The minimum absolute atomic E-state index is 0.0207. The molecule has 2 aliphatic carbocycles. The van der Waals surface area contributed by atoms with Crippen molar-refractivity contribution in [3.8, 4) is 0 Å². The van der Waals surface area contributed by atoms with Gasteiger partial charge in [0, 0.05) is 19.0 Å². The molecule has 0 bridgehead atoms. The zero-order chi connectivity index (χ0) is 14.5. The summed E-state index contributed by atoms with van der Waals surface area (Å²) in [7, 11) is 0. The summed E-state index contributed by atoms with van der Waals surface area (Å²) >= 11 is 0. The Bertz CT molecular complexity index is 392. The van der Waals surface area contributed by atoms with Gasteiger partial charge in [0.25, 0.3) is 0 Å². The zero-order valence-electron chi connectivity index (χ0n) is 11.5. The summed E-state index contributed by atoms with van der Waals surface area (Å²) in [6.45, 7) is 1.19. The lowest BCUT2D eigenvalue weighted by Crippen LogP contribution is -2.70. The molecular formula is C14H21F3N2O. The molecule has 0 aromatic heterocycles. The lowest BCUT2D eigenvalue weighted by Gasteiger charge is -2.49. The summed E-state index contributed by atoms with van der Waals surface area (Å²) in [6, 6.07) is 0. The fourth-order valence-electron chi connectivity index (χ4n) is 3.66. The molecule has 0 spiro atoms. The van der Waals surface area contributed by atoms with Crippen molar-refractivity contribution < 1.29 is 18.0 Å². The van der Waals surface area contributed by atoms with Crippen LogP contribution < -0.4 is 5.73 Å². The van der Waals surface area contributed by atoms with Gasteiger partial charge in [-0.3, -0.25) is 4.79 Å².